The van der Waals surface area contributed by atoms with Gasteiger partial charge in [-0.3, -0.25) is 4.79 Å². The van der Waals surface area contributed by atoms with E-state index < -0.39 is 11.4 Å². The van der Waals surface area contributed by atoms with Gasteiger partial charge in [0.25, 0.3) is 0 Å². The van der Waals surface area contributed by atoms with Gasteiger partial charge in [-0.2, -0.15) is 0 Å². The Balaban J connectivity index is 1.69. The Morgan fingerprint density at radius 3 is 2.59 bits per heavy atom. The first kappa shape index (κ1) is 14.9. The molecule has 0 radical (unpaired) electrons. The number of rotatable bonds is 5. The van der Waals surface area contributed by atoms with E-state index in [0.717, 1.165) is 31.5 Å². The first-order chi connectivity index (χ1) is 10.5. The number of hydrogen-bond acceptors (Lipinski definition) is 3. The van der Waals surface area contributed by atoms with Crippen LogP contribution in [0.2, 0.25) is 0 Å². The summed E-state index contributed by atoms with van der Waals surface area (Å²) >= 11 is 0. The molecule has 7 nitrogen and oxygen atoms in total. The molecule has 7 heteroatoms. The molecule has 0 saturated heterocycles. The smallest absolute Gasteiger partial charge is 0.316 e. The van der Waals surface area contributed by atoms with Gasteiger partial charge >= 0.3 is 6.03 Å². The maximum Gasteiger partial charge on any atom is 0.316 e. The van der Waals surface area contributed by atoms with Crippen LogP contribution in [-0.4, -0.2) is 27.0 Å². The third-order valence-electron chi connectivity index (χ3n) is 4.80. The first-order valence-electron chi connectivity index (χ1n) is 7.88. The van der Waals surface area contributed by atoms with Gasteiger partial charge in [-0.1, -0.05) is 12.8 Å². The van der Waals surface area contributed by atoms with Crippen molar-refractivity contribution in [2.24, 2.45) is 18.7 Å². The third kappa shape index (κ3) is 2.80. The van der Waals surface area contributed by atoms with Crippen LogP contribution in [0.25, 0.3) is 0 Å². The van der Waals surface area contributed by atoms with Crippen LogP contribution in [-0.2, 0) is 11.8 Å². The van der Waals surface area contributed by atoms with E-state index in [2.05, 4.69) is 15.6 Å². The molecule has 1 atom stereocenters. The SMILES string of the molecule is Cn1ccnc1[C@H](NC(=O)NC1(C(N)=O)CCCC1)C1CC1. The molecule has 3 amide bonds. The summed E-state index contributed by atoms with van der Waals surface area (Å²) in [5, 5.41) is 5.81. The lowest BCUT2D eigenvalue weighted by Gasteiger charge is -2.28. The number of aryl methyl sites for hydroxylation is 1. The second-order valence-electron chi connectivity index (χ2n) is 6.46. The molecule has 4 N–H and O–H groups in total. The Bertz CT molecular complexity index is 572. The van der Waals surface area contributed by atoms with Gasteiger partial charge < -0.3 is 20.9 Å². The molecule has 0 bridgehead atoms. The molecule has 1 aromatic heterocycles. The van der Waals surface area contributed by atoms with E-state index in [1.165, 1.54) is 0 Å². The van der Waals surface area contributed by atoms with Gasteiger partial charge in [0.15, 0.2) is 0 Å². The van der Waals surface area contributed by atoms with E-state index in [1.807, 2.05) is 17.8 Å². The van der Waals surface area contributed by atoms with E-state index >= 15 is 0 Å². The Hall–Kier alpha value is -2.05. The highest BCUT2D eigenvalue weighted by atomic mass is 16.2. The second-order valence-corrected chi connectivity index (χ2v) is 6.46. The quantitative estimate of drug-likeness (QED) is 0.755. The molecule has 2 aliphatic carbocycles. The summed E-state index contributed by atoms with van der Waals surface area (Å²) in [4.78, 5) is 28.5. The van der Waals surface area contributed by atoms with Gasteiger partial charge in [0.1, 0.15) is 11.4 Å². The van der Waals surface area contributed by atoms with Crippen LogP contribution in [0.15, 0.2) is 12.4 Å². The maximum absolute atomic E-state index is 12.4. The Morgan fingerprint density at radius 2 is 2.09 bits per heavy atom. The lowest BCUT2D eigenvalue weighted by Crippen LogP contribution is -2.58. The summed E-state index contributed by atoms with van der Waals surface area (Å²) < 4.78 is 1.92. The molecule has 1 aromatic rings. The first-order valence-corrected chi connectivity index (χ1v) is 7.88. The fourth-order valence-corrected chi connectivity index (χ4v) is 3.31. The van der Waals surface area contributed by atoms with Gasteiger partial charge in [0.05, 0.1) is 6.04 Å². The number of aromatic nitrogens is 2. The van der Waals surface area contributed by atoms with Gasteiger partial charge in [-0.05, 0) is 31.6 Å². The monoisotopic (exact) mass is 305 g/mol. The van der Waals surface area contributed by atoms with Crippen LogP contribution in [0.5, 0.6) is 0 Å². The Labute approximate surface area is 129 Å². The highest BCUT2D eigenvalue weighted by molar-refractivity contribution is 5.90. The number of amides is 3. The van der Waals surface area contributed by atoms with Gasteiger partial charge in [0, 0.05) is 19.4 Å². The minimum Gasteiger partial charge on any atom is -0.368 e. The number of nitrogens with zero attached hydrogens (tertiary/aromatic N) is 2. The zero-order valence-electron chi connectivity index (χ0n) is 12.8. The number of carbonyl (C=O) groups excluding carboxylic acids is 2. The van der Waals surface area contributed by atoms with E-state index in [4.69, 9.17) is 5.73 Å². The van der Waals surface area contributed by atoms with Crippen LogP contribution >= 0.6 is 0 Å². The predicted molar refractivity (Wildman–Crippen MR) is 80.7 cm³/mol. The van der Waals surface area contributed by atoms with Crippen LogP contribution < -0.4 is 16.4 Å². The standard InChI is InChI=1S/C15H23N5O2/c1-20-9-8-17-12(20)11(10-4-5-10)18-14(22)19-15(13(16)21)6-2-3-7-15/h8-11H,2-7H2,1H3,(H2,16,21)(H2,18,19,22)/t11-/m1/s1. The molecule has 120 valence electrons. The lowest BCUT2D eigenvalue weighted by molar-refractivity contribution is -0.123. The van der Waals surface area contributed by atoms with Crippen LogP contribution in [0.3, 0.4) is 0 Å². The zero-order valence-corrected chi connectivity index (χ0v) is 12.8. The van der Waals surface area contributed by atoms with Crippen LogP contribution in [0.4, 0.5) is 4.79 Å². The average Bonchev–Trinajstić information content (AvgIpc) is 3.05. The fraction of sp³-hybridized carbons (Fsp3) is 0.667. The number of nitrogens with two attached hydrogens (primary N) is 1. The van der Waals surface area contributed by atoms with E-state index in [9.17, 15) is 9.59 Å². The third-order valence-corrected chi connectivity index (χ3v) is 4.80. The predicted octanol–water partition coefficient (Wildman–Crippen LogP) is 0.968. The minimum absolute atomic E-state index is 0.119. The number of urea groups is 1. The van der Waals surface area contributed by atoms with Gasteiger partial charge in [0.2, 0.25) is 5.91 Å². The molecule has 0 aromatic carbocycles. The Kier molecular flexibility index (Phi) is 3.80. The summed E-state index contributed by atoms with van der Waals surface area (Å²) in [6, 6.07) is -0.452. The van der Waals surface area contributed by atoms with E-state index in [0.29, 0.717) is 18.8 Å². The number of hydrogen-bond donors (Lipinski definition) is 3. The second kappa shape index (κ2) is 5.62. The van der Waals surface area contributed by atoms with E-state index in [1.54, 1.807) is 6.20 Å². The van der Waals surface area contributed by atoms with Crippen molar-refractivity contribution in [3.8, 4) is 0 Å². The highest BCUT2D eigenvalue weighted by Gasteiger charge is 2.42. The molecular weight excluding hydrogens is 282 g/mol. The zero-order chi connectivity index (χ0) is 15.7. The summed E-state index contributed by atoms with van der Waals surface area (Å²) in [7, 11) is 1.92. The highest BCUT2D eigenvalue weighted by Crippen LogP contribution is 2.40. The Morgan fingerprint density at radius 1 is 1.41 bits per heavy atom. The molecule has 1 heterocycles. The number of imidazole rings is 1. The topological polar surface area (TPSA) is 102 Å². The summed E-state index contributed by atoms with van der Waals surface area (Å²) in [6.45, 7) is 0. The van der Waals surface area contributed by atoms with Gasteiger partial charge in [-0.15, -0.1) is 0 Å². The summed E-state index contributed by atoms with van der Waals surface area (Å²) in [5.41, 5.74) is 4.62. The van der Waals surface area contributed by atoms with Crippen molar-refractivity contribution >= 4 is 11.9 Å². The van der Waals surface area contributed by atoms with Crippen molar-refractivity contribution in [1.29, 1.82) is 0 Å². The summed E-state index contributed by atoms with van der Waals surface area (Å²) in [5.74, 6) is 0.817. The van der Waals surface area contributed by atoms with Crippen molar-refractivity contribution in [3.63, 3.8) is 0 Å². The van der Waals surface area contributed by atoms with Crippen LogP contribution in [0, 0.1) is 5.92 Å². The normalized spacial score (nSPS) is 21.3. The minimum atomic E-state index is -0.889. The molecule has 2 aliphatic rings. The van der Waals surface area contributed by atoms with Crippen LogP contribution in [0.1, 0.15) is 50.4 Å². The molecule has 0 spiro atoms. The molecule has 2 saturated carbocycles. The average molecular weight is 305 g/mol. The van der Waals surface area contributed by atoms with Crippen molar-refractivity contribution < 1.29 is 9.59 Å². The number of primary amides is 1. The molecule has 0 aliphatic heterocycles. The summed E-state index contributed by atoms with van der Waals surface area (Å²) in [6.07, 6.45) is 8.82. The van der Waals surface area contributed by atoms with Gasteiger partial charge in [-0.25, -0.2) is 9.78 Å². The maximum atomic E-state index is 12.4. The van der Waals surface area contributed by atoms with E-state index in [-0.39, 0.29) is 12.1 Å². The molecule has 2 fully saturated rings. The van der Waals surface area contributed by atoms with Crippen molar-refractivity contribution in [1.82, 2.24) is 20.2 Å². The molecule has 3 rings (SSSR count). The van der Waals surface area contributed by atoms with Crippen molar-refractivity contribution in [2.75, 3.05) is 0 Å². The van der Waals surface area contributed by atoms with Crippen molar-refractivity contribution in [3.05, 3.63) is 18.2 Å². The molecule has 0 unspecified atom stereocenters. The lowest BCUT2D eigenvalue weighted by atomic mass is 9.97. The molecular formula is C15H23N5O2. The number of carbonyl (C=O) groups is 2. The fourth-order valence-electron chi connectivity index (χ4n) is 3.31. The largest absolute Gasteiger partial charge is 0.368 e. The molecule has 22 heavy (non-hydrogen) atoms. The van der Waals surface area contributed by atoms with Crippen molar-refractivity contribution in [2.45, 2.75) is 50.1 Å². The number of nitrogens with one attached hydrogen (secondary N) is 2.